The maximum absolute atomic E-state index is 13.1. The zero-order valence-corrected chi connectivity index (χ0v) is 17.0. The van der Waals surface area contributed by atoms with Crippen molar-refractivity contribution in [2.75, 3.05) is 6.61 Å². The molecule has 0 aliphatic heterocycles. The van der Waals surface area contributed by atoms with Crippen LogP contribution in [0.2, 0.25) is 0 Å². The molecule has 2 aromatic heterocycles. The fourth-order valence-corrected chi connectivity index (χ4v) is 3.69. The first kappa shape index (κ1) is 18.8. The molecular formula is C23H23N3O3. The monoisotopic (exact) mass is 389 g/mol. The minimum Gasteiger partial charge on any atom is -0.494 e. The van der Waals surface area contributed by atoms with Gasteiger partial charge in [0.1, 0.15) is 5.75 Å². The topological polar surface area (TPSA) is 58.2 Å². The standard InChI is InChI=1S/C23H23N3O3/c1-5-29-18-11-9-17(10-12-18)26-14-19-20(22(27)25(4)23(28)24(19)3)21(26)16-8-6-7-15(2)13-16/h6-14H,5H2,1-4H3. The molecule has 0 radical (unpaired) electrons. The average molecular weight is 389 g/mol. The lowest BCUT2D eigenvalue weighted by molar-refractivity contribution is 0.340. The molecule has 4 aromatic rings. The van der Waals surface area contributed by atoms with Gasteiger partial charge in [-0.25, -0.2) is 4.79 Å². The fourth-order valence-electron chi connectivity index (χ4n) is 3.69. The van der Waals surface area contributed by atoms with Crippen LogP contribution in [0, 0.1) is 6.92 Å². The summed E-state index contributed by atoms with van der Waals surface area (Å²) in [6.45, 7) is 4.56. The molecule has 0 saturated carbocycles. The number of hydrogen-bond donors (Lipinski definition) is 0. The molecule has 0 N–H and O–H groups in total. The van der Waals surface area contributed by atoms with Crippen molar-refractivity contribution in [3.63, 3.8) is 0 Å². The van der Waals surface area contributed by atoms with E-state index < -0.39 is 0 Å². The van der Waals surface area contributed by atoms with Crippen molar-refractivity contribution in [1.29, 1.82) is 0 Å². The van der Waals surface area contributed by atoms with Crippen molar-refractivity contribution in [1.82, 2.24) is 13.7 Å². The van der Waals surface area contributed by atoms with Crippen molar-refractivity contribution in [2.24, 2.45) is 14.1 Å². The summed E-state index contributed by atoms with van der Waals surface area (Å²) in [6, 6.07) is 15.7. The second-order valence-corrected chi connectivity index (χ2v) is 7.11. The van der Waals surface area contributed by atoms with Gasteiger partial charge in [0.05, 0.1) is 23.2 Å². The Bertz CT molecular complexity index is 1320. The van der Waals surface area contributed by atoms with E-state index in [4.69, 9.17) is 4.74 Å². The second-order valence-electron chi connectivity index (χ2n) is 7.11. The summed E-state index contributed by atoms with van der Waals surface area (Å²) in [5.74, 6) is 0.786. The lowest BCUT2D eigenvalue weighted by Gasteiger charge is -2.12. The second kappa shape index (κ2) is 7.13. The third-order valence-electron chi connectivity index (χ3n) is 5.16. The summed E-state index contributed by atoms with van der Waals surface area (Å²) in [5, 5.41) is 0.522. The predicted molar refractivity (Wildman–Crippen MR) is 115 cm³/mol. The number of fused-ring (bicyclic) bond motifs is 1. The van der Waals surface area contributed by atoms with Gasteiger partial charge in [0.15, 0.2) is 0 Å². The number of nitrogens with zero attached hydrogens (tertiary/aromatic N) is 3. The number of aryl methyl sites for hydroxylation is 2. The first-order valence-corrected chi connectivity index (χ1v) is 9.53. The molecule has 6 nitrogen and oxygen atoms in total. The van der Waals surface area contributed by atoms with Gasteiger partial charge in [0, 0.05) is 26.0 Å². The van der Waals surface area contributed by atoms with E-state index in [9.17, 15) is 9.59 Å². The van der Waals surface area contributed by atoms with Gasteiger partial charge in [-0.1, -0.05) is 23.8 Å². The Morgan fingerprint density at radius 2 is 1.69 bits per heavy atom. The molecule has 0 spiro atoms. The van der Waals surface area contributed by atoms with E-state index in [1.165, 1.54) is 11.6 Å². The Morgan fingerprint density at radius 3 is 2.34 bits per heavy atom. The molecule has 0 unspecified atom stereocenters. The Morgan fingerprint density at radius 1 is 0.966 bits per heavy atom. The highest BCUT2D eigenvalue weighted by atomic mass is 16.5. The van der Waals surface area contributed by atoms with Gasteiger partial charge in [-0.2, -0.15) is 0 Å². The Kier molecular flexibility index (Phi) is 4.62. The number of rotatable bonds is 4. The molecule has 2 aromatic carbocycles. The molecule has 29 heavy (non-hydrogen) atoms. The smallest absolute Gasteiger partial charge is 0.330 e. The van der Waals surface area contributed by atoms with Crippen molar-refractivity contribution in [3.05, 3.63) is 81.1 Å². The molecule has 0 saturated heterocycles. The summed E-state index contributed by atoms with van der Waals surface area (Å²) in [5.41, 5.74) is 3.62. The predicted octanol–water partition coefficient (Wildman–Crippen LogP) is 3.40. The van der Waals surface area contributed by atoms with E-state index in [-0.39, 0.29) is 11.2 Å². The van der Waals surface area contributed by atoms with Gasteiger partial charge in [0.25, 0.3) is 5.56 Å². The lowest BCUT2D eigenvalue weighted by atomic mass is 10.1. The SMILES string of the molecule is CCOc1ccc(-n2cc3c(c2-c2cccc(C)c2)c(=O)n(C)c(=O)n3C)cc1. The maximum atomic E-state index is 13.1. The summed E-state index contributed by atoms with van der Waals surface area (Å²) in [4.78, 5) is 25.5. The summed E-state index contributed by atoms with van der Waals surface area (Å²) >= 11 is 0. The zero-order valence-electron chi connectivity index (χ0n) is 17.0. The summed E-state index contributed by atoms with van der Waals surface area (Å²) < 4.78 is 10.2. The number of ether oxygens (including phenoxy) is 1. The zero-order chi connectivity index (χ0) is 20.7. The van der Waals surface area contributed by atoms with E-state index >= 15 is 0 Å². The highest BCUT2D eigenvalue weighted by Gasteiger charge is 2.20. The Balaban J connectivity index is 2.10. The van der Waals surface area contributed by atoms with E-state index in [0.29, 0.717) is 17.5 Å². The van der Waals surface area contributed by atoms with E-state index in [2.05, 4.69) is 0 Å². The molecule has 0 fully saturated rings. The van der Waals surface area contributed by atoms with E-state index in [0.717, 1.165) is 32.8 Å². The minimum atomic E-state index is -0.345. The maximum Gasteiger partial charge on any atom is 0.330 e. The van der Waals surface area contributed by atoms with Gasteiger partial charge < -0.3 is 9.30 Å². The molecule has 6 heteroatoms. The normalized spacial score (nSPS) is 11.2. The summed E-state index contributed by atoms with van der Waals surface area (Å²) in [7, 11) is 3.20. The molecular weight excluding hydrogens is 366 g/mol. The van der Waals surface area contributed by atoms with Crippen LogP contribution in [-0.4, -0.2) is 20.3 Å². The van der Waals surface area contributed by atoms with Gasteiger partial charge in [-0.15, -0.1) is 0 Å². The van der Waals surface area contributed by atoms with Crippen molar-refractivity contribution >= 4 is 10.9 Å². The summed E-state index contributed by atoms with van der Waals surface area (Å²) in [6.07, 6.45) is 1.85. The quantitative estimate of drug-likeness (QED) is 0.538. The molecule has 0 bridgehead atoms. The Labute approximate surface area is 168 Å². The van der Waals surface area contributed by atoms with E-state index in [1.807, 2.05) is 73.1 Å². The van der Waals surface area contributed by atoms with Crippen LogP contribution >= 0.6 is 0 Å². The molecule has 0 amide bonds. The largest absolute Gasteiger partial charge is 0.494 e. The van der Waals surface area contributed by atoms with Crippen molar-refractivity contribution in [3.8, 4) is 22.7 Å². The fraction of sp³-hybridized carbons (Fsp3) is 0.217. The van der Waals surface area contributed by atoms with Crippen LogP contribution in [0.15, 0.2) is 64.3 Å². The van der Waals surface area contributed by atoms with Crippen molar-refractivity contribution < 1.29 is 4.74 Å². The molecule has 0 aliphatic rings. The number of benzene rings is 2. The number of aromatic nitrogens is 3. The lowest BCUT2D eigenvalue weighted by Crippen LogP contribution is -2.36. The van der Waals surface area contributed by atoms with Gasteiger partial charge in [0.2, 0.25) is 0 Å². The third kappa shape index (κ3) is 3.06. The molecule has 4 rings (SSSR count). The highest BCUT2D eigenvalue weighted by Crippen LogP contribution is 2.31. The van der Waals surface area contributed by atoms with Crippen LogP contribution in [0.1, 0.15) is 12.5 Å². The average Bonchev–Trinajstić information content (AvgIpc) is 3.12. The van der Waals surface area contributed by atoms with Gasteiger partial charge in [-0.3, -0.25) is 13.9 Å². The van der Waals surface area contributed by atoms with Crippen LogP contribution < -0.4 is 16.0 Å². The first-order chi connectivity index (χ1) is 13.9. The van der Waals surface area contributed by atoms with Crippen LogP contribution in [0.4, 0.5) is 0 Å². The molecule has 0 atom stereocenters. The van der Waals surface area contributed by atoms with Gasteiger partial charge in [-0.05, 0) is 49.7 Å². The van der Waals surface area contributed by atoms with E-state index in [1.54, 1.807) is 7.05 Å². The highest BCUT2D eigenvalue weighted by molar-refractivity contribution is 5.94. The minimum absolute atomic E-state index is 0.302. The van der Waals surface area contributed by atoms with Gasteiger partial charge >= 0.3 is 5.69 Å². The van der Waals surface area contributed by atoms with Crippen LogP contribution in [0.25, 0.3) is 27.8 Å². The molecule has 148 valence electrons. The van der Waals surface area contributed by atoms with Crippen LogP contribution in [0.5, 0.6) is 5.75 Å². The molecule has 0 aliphatic carbocycles. The Hall–Kier alpha value is -3.54. The number of hydrogen-bond acceptors (Lipinski definition) is 3. The van der Waals surface area contributed by atoms with Crippen LogP contribution in [-0.2, 0) is 14.1 Å². The van der Waals surface area contributed by atoms with Crippen LogP contribution in [0.3, 0.4) is 0 Å². The third-order valence-corrected chi connectivity index (χ3v) is 5.16. The molecule has 2 heterocycles. The first-order valence-electron chi connectivity index (χ1n) is 9.53. The van der Waals surface area contributed by atoms with Crippen molar-refractivity contribution in [2.45, 2.75) is 13.8 Å².